The normalized spacial score (nSPS) is 9.85. The van der Waals surface area contributed by atoms with E-state index in [2.05, 4.69) is 10.3 Å². The number of nitriles is 2. The van der Waals surface area contributed by atoms with Gasteiger partial charge in [-0.05, 0) is 35.9 Å². The van der Waals surface area contributed by atoms with Gasteiger partial charge in [0, 0.05) is 23.9 Å². The smallest absolute Gasteiger partial charge is 0.267 e. The van der Waals surface area contributed by atoms with E-state index in [4.69, 9.17) is 10.5 Å². The second-order valence-electron chi connectivity index (χ2n) is 5.82. The van der Waals surface area contributed by atoms with Gasteiger partial charge in [0.15, 0.2) is 5.78 Å². The first kappa shape index (κ1) is 17.7. The van der Waals surface area contributed by atoms with E-state index in [9.17, 15) is 9.59 Å². The Morgan fingerprint density at radius 1 is 0.926 bits per heavy atom. The predicted octanol–water partition coefficient (Wildman–Crippen LogP) is 2.92. The van der Waals surface area contributed by atoms with Crippen LogP contribution in [-0.4, -0.2) is 16.7 Å². The molecule has 1 aromatic heterocycles. The van der Waals surface area contributed by atoms with Crippen molar-refractivity contribution in [1.82, 2.24) is 10.3 Å². The number of carbonyl (C=O) groups excluding carboxylic acids is 2. The number of rotatable bonds is 5. The summed E-state index contributed by atoms with van der Waals surface area (Å²) in [6.07, 6.45) is 1.47. The minimum Gasteiger partial charge on any atom is -0.356 e. The third-order valence-corrected chi connectivity index (χ3v) is 3.98. The van der Waals surface area contributed by atoms with Gasteiger partial charge in [-0.3, -0.25) is 9.59 Å². The Labute approximate surface area is 155 Å². The van der Waals surface area contributed by atoms with Gasteiger partial charge in [0.1, 0.15) is 5.69 Å². The maximum absolute atomic E-state index is 12.5. The summed E-state index contributed by atoms with van der Waals surface area (Å²) in [6.45, 7) is 0.303. The van der Waals surface area contributed by atoms with E-state index in [0.29, 0.717) is 28.8 Å². The quantitative estimate of drug-likeness (QED) is 0.686. The fraction of sp³-hybridized carbons (Fsp3) is 0.0476. The van der Waals surface area contributed by atoms with Crippen molar-refractivity contribution in [1.29, 1.82) is 10.5 Å². The number of carbonyl (C=O) groups is 2. The summed E-state index contributed by atoms with van der Waals surface area (Å²) < 4.78 is 0. The molecule has 0 bridgehead atoms. The van der Waals surface area contributed by atoms with Crippen LogP contribution in [0.2, 0.25) is 0 Å². The minimum atomic E-state index is -0.343. The van der Waals surface area contributed by atoms with Gasteiger partial charge in [0.05, 0.1) is 23.3 Å². The Kier molecular flexibility index (Phi) is 5.11. The molecule has 6 heteroatoms. The van der Waals surface area contributed by atoms with Crippen molar-refractivity contribution in [2.75, 3.05) is 0 Å². The zero-order valence-corrected chi connectivity index (χ0v) is 14.2. The maximum atomic E-state index is 12.5. The Morgan fingerprint density at radius 2 is 1.67 bits per heavy atom. The highest BCUT2D eigenvalue weighted by molar-refractivity contribution is 6.10. The molecule has 0 aliphatic carbocycles. The van der Waals surface area contributed by atoms with Gasteiger partial charge in [-0.1, -0.05) is 24.3 Å². The van der Waals surface area contributed by atoms with Gasteiger partial charge in [-0.2, -0.15) is 10.5 Å². The Balaban J connectivity index is 1.67. The highest BCUT2D eigenvalue weighted by Crippen LogP contribution is 2.13. The van der Waals surface area contributed by atoms with Gasteiger partial charge in [-0.25, -0.2) is 0 Å². The van der Waals surface area contributed by atoms with Crippen molar-refractivity contribution in [3.63, 3.8) is 0 Å². The topological polar surface area (TPSA) is 110 Å². The van der Waals surface area contributed by atoms with Crippen LogP contribution in [0.3, 0.4) is 0 Å². The predicted molar refractivity (Wildman–Crippen MR) is 97.7 cm³/mol. The Morgan fingerprint density at radius 3 is 2.37 bits per heavy atom. The lowest BCUT2D eigenvalue weighted by Gasteiger charge is -2.04. The second-order valence-corrected chi connectivity index (χ2v) is 5.82. The lowest BCUT2D eigenvalue weighted by molar-refractivity contribution is 0.0946. The molecule has 130 valence electrons. The molecule has 0 saturated heterocycles. The number of nitrogens with one attached hydrogen (secondary N) is 2. The molecule has 0 fully saturated rings. The van der Waals surface area contributed by atoms with Gasteiger partial charge >= 0.3 is 0 Å². The summed E-state index contributed by atoms with van der Waals surface area (Å²) in [5.41, 5.74) is 2.81. The molecule has 1 amide bonds. The SMILES string of the molecule is N#Cc1ccc(CNC(=O)c2cc(C(=O)c3cccc(C#N)c3)c[nH]2)cc1. The Bertz CT molecular complexity index is 1080. The largest absolute Gasteiger partial charge is 0.356 e. The third-order valence-electron chi connectivity index (χ3n) is 3.98. The minimum absolute atomic E-state index is 0.267. The van der Waals surface area contributed by atoms with E-state index in [1.54, 1.807) is 42.5 Å². The molecular formula is C21H14N4O2. The van der Waals surface area contributed by atoms with Crippen molar-refractivity contribution >= 4 is 11.7 Å². The molecule has 6 nitrogen and oxygen atoms in total. The summed E-state index contributed by atoms with van der Waals surface area (Å²) >= 11 is 0. The molecule has 0 atom stereocenters. The summed E-state index contributed by atoms with van der Waals surface area (Å²) in [7, 11) is 0. The fourth-order valence-corrected chi connectivity index (χ4v) is 2.53. The molecule has 0 aliphatic rings. The first-order valence-corrected chi connectivity index (χ1v) is 8.11. The van der Waals surface area contributed by atoms with Crippen molar-refractivity contribution in [3.05, 3.63) is 94.3 Å². The van der Waals surface area contributed by atoms with Gasteiger partial charge in [-0.15, -0.1) is 0 Å². The lowest BCUT2D eigenvalue weighted by atomic mass is 10.0. The van der Waals surface area contributed by atoms with Gasteiger partial charge in [0.25, 0.3) is 5.91 Å². The lowest BCUT2D eigenvalue weighted by Crippen LogP contribution is -2.23. The number of H-pyrrole nitrogens is 1. The van der Waals surface area contributed by atoms with Crippen molar-refractivity contribution < 1.29 is 9.59 Å². The number of amides is 1. The van der Waals surface area contributed by atoms with E-state index in [1.807, 2.05) is 12.1 Å². The number of ketones is 1. The average molecular weight is 354 g/mol. The number of benzene rings is 2. The first-order chi connectivity index (χ1) is 13.1. The fourth-order valence-electron chi connectivity index (χ4n) is 2.53. The zero-order valence-electron chi connectivity index (χ0n) is 14.2. The van der Waals surface area contributed by atoms with Crippen LogP contribution in [0.25, 0.3) is 0 Å². The van der Waals surface area contributed by atoms with Crippen molar-refractivity contribution in [2.45, 2.75) is 6.54 Å². The van der Waals surface area contributed by atoms with Crippen LogP contribution in [0.1, 0.15) is 43.1 Å². The Hall–Kier alpha value is -4.16. The molecule has 3 aromatic rings. The first-order valence-electron chi connectivity index (χ1n) is 8.11. The van der Waals surface area contributed by atoms with E-state index in [0.717, 1.165) is 5.56 Å². The standard InChI is InChI=1S/C21H14N4O2/c22-10-14-4-6-15(7-5-14)12-25-21(27)19-9-18(13-24-19)20(26)17-3-1-2-16(8-17)11-23/h1-9,13,24H,12H2,(H,25,27). The number of aromatic nitrogens is 1. The second kappa shape index (κ2) is 7.81. The molecule has 0 radical (unpaired) electrons. The van der Waals surface area contributed by atoms with E-state index in [-0.39, 0.29) is 17.4 Å². The summed E-state index contributed by atoms with van der Waals surface area (Å²) in [5.74, 6) is -0.612. The molecule has 27 heavy (non-hydrogen) atoms. The van der Waals surface area contributed by atoms with Gasteiger partial charge in [0.2, 0.25) is 0 Å². The number of nitrogens with zero attached hydrogens (tertiary/aromatic N) is 2. The van der Waals surface area contributed by atoms with Crippen LogP contribution in [-0.2, 0) is 6.54 Å². The monoisotopic (exact) mass is 354 g/mol. The van der Waals surface area contributed by atoms with Crippen LogP contribution >= 0.6 is 0 Å². The van der Waals surface area contributed by atoms with Crippen molar-refractivity contribution in [3.8, 4) is 12.1 Å². The van der Waals surface area contributed by atoms with Crippen LogP contribution in [0.15, 0.2) is 60.8 Å². The molecular weight excluding hydrogens is 340 g/mol. The molecule has 0 unspecified atom stereocenters. The molecule has 0 spiro atoms. The number of hydrogen-bond donors (Lipinski definition) is 2. The van der Waals surface area contributed by atoms with Crippen LogP contribution < -0.4 is 5.32 Å². The van der Waals surface area contributed by atoms with Crippen LogP contribution in [0.5, 0.6) is 0 Å². The summed E-state index contributed by atoms with van der Waals surface area (Å²) in [6, 6.07) is 18.8. The van der Waals surface area contributed by atoms with Crippen LogP contribution in [0, 0.1) is 22.7 Å². The van der Waals surface area contributed by atoms with Gasteiger partial charge < -0.3 is 10.3 Å². The average Bonchev–Trinajstić information content (AvgIpc) is 3.22. The van der Waals surface area contributed by atoms with E-state index < -0.39 is 0 Å². The summed E-state index contributed by atoms with van der Waals surface area (Å²) in [5, 5.41) is 20.5. The molecule has 1 heterocycles. The summed E-state index contributed by atoms with van der Waals surface area (Å²) in [4.78, 5) is 27.6. The number of aromatic amines is 1. The van der Waals surface area contributed by atoms with Crippen LogP contribution in [0.4, 0.5) is 0 Å². The van der Waals surface area contributed by atoms with Crippen molar-refractivity contribution in [2.24, 2.45) is 0 Å². The number of hydrogen-bond acceptors (Lipinski definition) is 4. The zero-order chi connectivity index (χ0) is 19.2. The van der Waals surface area contributed by atoms with E-state index in [1.165, 1.54) is 18.3 Å². The molecule has 2 aromatic carbocycles. The molecule has 0 saturated carbocycles. The molecule has 3 rings (SSSR count). The highest BCUT2D eigenvalue weighted by atomic mass is 16.2. The maximum Gasteiger partial charge on any atom is 0.267 e. The molecule has 2 N–H and O–H groups in total. The third kappa shape index (κ3) is 4.09. The molecule has 0 aliphatic heterocycles. The highest BCUT2D eigenvalue weighted by Gasteiger charge is 2.15. The van der Waals surface area contributed by atoms with E-state index >= 15 is 0 Å².